The van der Waals surface area contributed by atoms with Gasteiger partial charge in [-0.2, -0.15) is 0 Å². The van der Waals surface area contributed by atoms with E-state index in [9.17, 15) is 32.8 Å². The van der Waals surface area contributed by atoms with Crippen molar-refractivity contribution in [2.24, 2.45) is 5.92 Å². The second-order valence-electron chi connectivity index (χ2n) is 15.4. The monoisotopic (exact) mass is 838 g/mol. The van der Waals surface area contributed by atoms with Gasteiger partial charge in [-0.15, -0.1) is 0 Å². The summed E-state index contributed by atoms with van der Waals surface area (Å²) >= 11 is 0.836. The van der Waals surface area contributed by atoms with Crippen LogP contribution < -0.4 is 10.6 Å². The summed E-state index contributed by atoms with van der Waals surface area (Å²) in [4.78, 5) is 69.6. The molecule has 0 aliphatic carbocycles. The first-order valence-corrected chi connectivity index (χ1v) is 20.8. The zero-order chi connectivity index (χ0) is 43.0. The number of hydrogen-bond acceptors (Lipinski definition) is 7. The molecule has 0 aromatic heterocycles. The van der Waals surface area contributed by atoms with Crippen LogP contribution in [0.25, 0.3) is 23.3 Å². The number of rotatable bonds is 14. The Balaban J connectivity index is 1.13. The highest BCUT2D eigenvalue weighted by Gasteiger charge is 2.40. The topological polar surface area (TPSA) is 116 Å². The van der Waals surface area contributed by atoms with Crippen LogP contribution >= 0.6 is 11.8 Å². The van der Waals surface area contributed by atoms with E-state index in [1.54, 1.807) is 53.5 Å². The van der Waals surface area contributed by atoms with Crippen LogP contribution in [0, 0.1) is 17.6 Å². The largest absolute Gasteiger partial charge is 0.350 e. The Kier molecular flexibility index (Phi) is 13.5. The molecule has 0 spiro atoms. The van der Waals surface area contributed by atoms with Gasteiger partial charge < -0.3 is 10.2 Å². The number of carbonyl (C=O) groups excluding carboxylic acids is 5. The first-order chi connectivity index (χ1) is 29.4. The fraction of sp³-hybridized carbons (Fsp3) is 0.204. The number of imide groups is 1. The lowest BCUT2D eigenvalue weighted by atomic mass is 9.97. The Morgan fingerprint density at radius 1 is 0.852 bits per heavy atom. The van der Waals surface area contributed by atoms with Gasteiger partial charge in [0.25, 0.3) is 17.1 Å². The third kappa shape index (κ3) is 10.5. The van der Waals surface area contributed by atoms with Gasteiger partial charge in [0.2, 0.25) is 5.91 Å². The standard InChI is InChI=1S/C49H44F2N4O5S/c1-31(2)28-54(29-35-12-6-7-13-39(35)34-10-4-3-5-11-34)38-26-37(27-52-45(56)23-20-32-16-18-33(19-17-32)24-44-47(58)53-49(60)61-44)55(30-38)48(59)41-15-9-8-14-40(41)46(57)42-22-21-36(50)25-43(42)51/h3-25,31,37-38H,26-30H2,1-2H3,(H,52,56)(H,53,58,60)/b23-20+,44-24+. The van der Waals surface area contributed by atoms with Gasteiger partial charge in [0, 0.05) is 49.9 Å². The molecule has 0 bridgehead atoms. The average molecular weight is 839 g/mol. The highest BCUT2D eigenvalue weighted by Crippen LogP contribution is 2.31. The van der Waals surface area contributed by atoms with Gasteiger partial charge in [-0.1, -0.05) is 111 Å². The molecule has 61 heavy (non-hydrogen) atoms. The number of nitrogens with zero attached hydrogens (tertiary/aromatic N) is 2. The number of hydrogen-bond donors (Lipinski definition) is 2. The van der Waals surface area contributed by atoms with E-state index in [0.717, 1.165) is 58.3 Å². The Morgan fingerprint density at radius 2 is 1.54 bits per heavy atom. The Labute approximate surface area is 357 Å². The summed E-state index contributed by atoms with van der Waals surface area (Å²) in [5.74, 6) is -3.55. The van der Waals surface area contributed by atoms with E-state index in [1.165, 1.54) is 18.2 Å². The maximum Gasteiger partial charge on any atom is 0.290 e. The summed E-state index contributed by atoms with van der Waals surface area (Å²) in [5, 5.41) is 4.79. The van der Waals surface area contributed by atoms with E-state index in [2.05, 4.69) is 53.6 Å². The molecule has 2 saturated heterocycles. The molecule has 4 amide bonds. The zero-order valence-corrected chi connectivity index (χ0v) is 34.5. The van der Waals surface area contributed by atoms with E-state index in [1.807, 2.05) is 30.3 Å². The second-order valence-corrected chi connectivity index (χ2v) is 16.5. The lowest BCUT2D eigenvalue weighted by molar-refractivity contribution is -0.117. The summed E-state index contributed by atoms with van der Waals surface area (Å²) in [6, 6.07) is 33.9. The lowest BCUT2D eigenvalue weighted by Crippen LogP contribution is -2.44. The Bertz CT molecular complexity index is 2520. The summed E-state index contributed by atoms with van der Waals surface area (Å²) in [5.41, 5.74) is 4.52. The molecule has 9 nitrogen and oxygen atoms in total. The molecule has 2 unspecified atom stereocenters. The fourth-order valence-electron chi connectivity index (χ4n) is 7.75. The van der Waals surface area contributed by atoms with Crippen LogP contribution in [0.2, 0.25) is 0 Å². The van der Waals surface area contributed by atoms with E-state index in [4.69, 9.17) is 0 Å². The Hall–Kier alpha value is -6.50. The van der Waals surface area contributed by atoms with Gasteiger partial charge in [-0.05, 0) is 82.3 Å². The van der Waals surface area contributed by atoms with Crippen molar-refractivity contribution < 1.29 is 32.8 Å². The molecule has 310 valence electrons. The van der Waals surface area contributed by atoms with Crippen LogP contribution in [0.5, 0.6) is 0 Å². The van der Waals surface area contributed by atoms with E-state index in [0.29, 0.717) is 30.5 Å². The predicted octanol–water partition coefficient (Wildman–Crippen LogP) is 8.76. The van der Waals surface area contributed by atoms with Gasteiger partial charge >= 0.3 is 0 Å². The second kappa shape index (κ2) is 19.3. The number of nitrogens with one attached hydrogen (secondary N) is 2. The SMILES string of the molecule is CC(C)CN(Cc1ccccc1-c1ccccc1)C1CC(CNC(=O)/C=C/c2ccc(/C=C3/SC(=O)NC3=O)cc2)N(C(=O)c2ccccc2C(=O)c2ccc(F)cc2F)C1. The van der Waals surface area contributed by atoms with Gasteiger partial charge in [0.1, 0.15) is 11.6 Å². The van der Waals surface area contributed by atoms with Crippen molar-refractivity contribution in [3.05, 3.63) is 177 Å². The van der Waals surface area contributed by atoms with Gasteiger partial charge in [0.15, 0.2) is 5.78 Å². The molecule has 2 aliphatic heterocycles. The van der Waals surface area contributed by atoms with Crippen molar-refractivity contribution >= 4 is 52.7 Å². The molecule has 7 rings (SSSR count). The molecule has 2 N–H and O–H groups in total. The average Bonchev–Trinajstić information content (AvgIpc) is 3.83. The maximum absolute atomic E-state index is 14.9. The molecule has 5 aromatic carbocycles. The van der Waals surface area contributed by atoms with Crippen molar-refractivity contribution in [2.75, 3.05) is 19.6 Å². The molecule has 0 radical (unpaired) electrons. The smallest absolute Gasteiger partial charge is 0.290 e. The molecule has 2 atom stereocenters. The van der Waals surface area contributed by atoms with E-state index < -0.39 is 40.5 Å². The van der Waals surface area contributed by atoms with Crippen LogP contribution in [0.15, 0.2) is 132 Å². The maximum atomic E-state index is 14.9. The van der Waals surface area contributed by atoms with E-state index >= 15 is 0 Å². The third-order valence-electron chi connectivity index (χ3n) is 10.6. The van der Waals surface area contributed by atoms with Crippen molar-refractivity contribution in [3.63, 3.8) is 0 Å². The summed E-state index contributed by atoms with van der Waals surface area (Å²) in [7, 11) is 0. The summed E-state index contributed by atoms with van der Waals surface area (Å²) in [6.45, 7) is 6.06. The normalized spacial score (nSPS) is 17.1. The van der Waals surface area contributed by atoms with Crippen molar-refractivity contribution in [1.82, 2.24) is 20.4 Å². The first-order valence-electron chi connectivity index (χ1n) is 20.0. The van der Waals surface area contributed by atoms with Gasteiger partial charge in [0.05, 0.1) is 22.1 Å². The number of carbonyl (C=O) groups is 5. The number of benzene rings is 5. The van der Waals surface area contributed by atoms with Crippen molar-refractivity contribution in [3.8, 4) is 11.1 Å². The van der Waals surface area contributed by atoms with Crippen LogP contribution in [0.1, 0.15) is 63.2 Å². The summed E-state index contributed by atoms with van der Waals surface area (Å²) < 4.78 is 28.7. The van der Waals surface area contributed by atoms with Crippen LogP contribution in [-0.4, -0.2) is 70.3 Å². The van der Waals surface area contributed by atoms with Crippen molar-refractivity contribution in [1.29, 1.82) is 0 Å². The molecule has 0 saturated carbocycles. The van der Waals surface area contributed by atoms with Crippen LogP contribution in [0.4, 0.5) is 13.6 Å². The summed E-state index contributed by atoms with van der Waals surface area (Å²) in [6.07, 6.45) is 5.20. The number of thioether (sulfide) groups is 1. The fourth-order valence-corrected chi connectivity index (χ4v) is 8.44. The number of halogens is 2. The quantitative estimate of drug-likeness (QED) is 0.0849. The molecule has 5 aromatic rings. The van der Waals surface area contributed by atoms with Crippen LogP contribution in [-0.2, 0) is 16.1 Å². The minimum Gasteiger partial charge on any atom is -0.350 e. The predicted molar refractivity (Wildman–Crippen MR) is 234 cm³/mol. The zero-order valence-electron chi connectivity index (χ0n) is 33.6. The van der Waals surface area contributed by atoms with Gasteiger partial charge in [-0.25, -0.2) is 8.78 Å². The number of likely N-dealkylation sites (tertiary alicyclic amines) is 1. The number of amides is 4. The first kappa shape index (κ1) is 42.6. The molecule has 2 heterocycles. The molecule has 2 fully saturated rings. The molecule has 2 aliphatic rings. The highest BCUT2D eigenvalue weighted by atomic mass is 32.2. The van der Waals surface area contributed by atoms with Crippen molar-refractivity contribution in [2.45, 2.75) is 38.9 Å². The molecule has 12 heteroatoms. The minimum atomic E-state index is -1.02. The lowest BCUT2D eigenvalue weighted by Gasteiger charge is -2.31. The molecular formula is C49H44F2N4O5S. The third-order valence-corrected chi connectivity index (χ3v) is 11.4. The number of ketones is 1. The Morgan fingerprint density at radius 3 is 2.25 bits per heavy atom. The highest BCUT2D eigenvalue weighted by molar-refractivity contribution is 8.18. The van der Waals surface area contributed by atoms with E-state index in [-0.39, 0.29) is 41.1 Å². The van der Waals surface area contributed by atoms with Gasteiger partial charge in [-0.3, -0.25) is 34.2 Å². The minimum absolute atomic E-state index is 0.0102. The molecular weight excluding hydrogens is 795 g/mol. The van der Waals surface area contributed by atoms with Crippen LogP contribution in [0.3, 0.4) is 0 Å².